The van der Waals surface area contributed by atoms with E-state index in [1.807, 2.05) is 13.0 Å². The average molecular weight is 236 g/mol. The first-order valence-corrected chi connectivity index (χ1v) is 5.91. The van der Waals surface area contributed by atoms with Crippen molar-refractivity contribution in [1.29, 1.82) is 0 Å². The van der Waals surface area contributed by atoms with Crippen LogP contribution in [0.1, 0.15) is 31.4 Å². The topological polar surface area (TPSA) is 55.2 Å². The molecule has 0 saturated heterocycles. The van der Waals surface area contributed by atoms with E-state index in [0.29, 0.717) is 11.5 Å². The Hall–Kier alpha value is -1.58. The standard InChI is InChI=1S/C13H20N2O2/c1-9(2)5-6-14-12-8-13(15(16)17)11(4)7-10(12)3/h7-9,14H,5-6H2,1-4H3. The monoisotopic (exact) mass is 236 g/mol. The summed E-state index contributed by atoms with van der Waals surface area (Å²) in [6, 6.07) is 3.49. The summed E-state index contributed by atoms with van der Waals surface area (Å²) >= 11 is 0. The van der Waals surface area contributed by atoms with E-state index in [0.717, 1.165) is 24.2 Å². The molecule has 1 rings (SSSR count). The molecular formula is C13H20N2O2. The molecule has 4 heteroatoms. The minimum atomic E-state index is -0.331. The van der Waals surface area contributed by atoms with Crippen molar-refractivity contribution >= 4 is 11.4 Å². The predicted molar refractivity (Wildman–Crippen MR) is 70.5 cm³/mol. The van der Waals surface area contributed by atoms with Crippen molar-refractivity contribution in [2.75, 3.05) is 11.9 Å². The van der Waals surface area contributed by atoms with Crippen LogP contribution in [0.5, 0.6) is 0 Å². The van der Waals surface area contributed by atoms with E-state index in [-0.39, 0.29) is 10.6 Å². The molecule has 0 radical (unpaired) electrons. The van der Waals surface area contributed by atoms with E-state index in [1.165, 1.54) is 0 Å². The smallest absolute Gasteiger partial charge is 0.274 e. The Kier molecular flexibility index (Phi) is 4.49. The number of anilines is 1. The maximum absolute atomic E-state index is 10.8. The summed E-state index contributed by atoms with van der Waals surface area (Å²) in [7, 11) is 0. The lowest BCUT2D eigenvalue weighted by Crippen LogP contribution is -2.06. The van der Waals surface area contributed by atoms with Gasteiger partial charge in [0.2, 0.25) is 0 Å². The van der Waals surface area contributed by atoms with Crippen LogP contribution in [0.3, 0.4) is 0 Å². The highest BCUT2D eigenvalue weighted by Crippen LogP contribution is 2.26. The van der Waals surface area contributed by atoms with Crippen molar-refractivity contribution in [1.82, 2.24) is 0 Å². The van der Waals surface area contributed by atoms with E-state index in [4.69, 9.17) is 0 Å². The van der Waals surface area contributed by atoms with Crippen LogP contribution in [0.4, 0.5) is 11.4 Å². The minimum Gasteiger partial charge on any atom is -0.385 e. The van der Waals surface area contributed by atoms with Gasteiger partial charge in [0.1, 0.15) is 0 Å². The SMILES string of the molecule is Cc1cc(C)c([N+](=O)[O-])cc1NCCC(C)C. The molecule has 0 fully saturated rings. The van der Waals surface area contributed by atoms with Gasteiger partial charge in [-0.1, -0.05) is 13.8 Å². The summed E-state index contributed by atoms with van der Waals surface area (Å²) in [5.74, 6) is 0.628. The maximum atomic E-state index is 10.8. The van der Waals surface area contributed by atoms with Gasteiger partial charge in [-0.3, -0.25) is 10.1 Å². The molecule has 0 spiro atoms. The molecule has 17 heavy (non-hydrogen) atoms. The first kappa shape index (κ1) is 13.5. The molecule has 1 aromatic rings. The molecule has 1 N–H and O–H groups in total. The summed E-state index contributed by atoms with van der Waals surface area (Å²) in [6.07, 6.45) is 1.06. The van der Waals surface area contributed by atoms with E-state index in [1.54, 1.807) is 13.0 Å². The zero-order valence-electron chi connectivity index (χ0n) is 10.9. The summed E-state index contributed by atoms with van der Waals surface area (Å²) in [5, 5.41) is 14.1. The molecule has 94 valence electrons. The summed E-state index contributed by atoms with van der Waals surface area (Å²) in [5.41, 5.74) is 2.81. The number of nitrogens with zero attached hydrogens (tertiary/aromatic N) is 1. The highest BCUT2D eigenvalue weighted by atomic mass is 16.6. The molecule has 0 heterocycles. The highest BCUT2D eigenvalue weighted by Gasteiger charge is 2.13. The van der Waals surface area contributed by atoms with Gasteiger partial charge in [-0.25, -0.2) is 0 Å². The van der Waals surface area contributed by atoms with Crippen molar-refractivity contribution in [3.63, 3.8) is 0 Å². The number of nitrogens with one attached hydrogen (secondary N) is 1. The molecule has 4 nitrogen and oxygen atoms in total. The summed E-state index contributed by atoms with van der Waals surface area (Å²) in [4.78, 5) is 10.5. The van der Waals surface area contributed by atoms with Gasteiger partial charge in [-0.05, 0) is 37.8 Å². The molecule has 0 amide bonds. The zero-order valence-corrected chi connectivity index (χ0v) is 10.9. The predicted octanol–water partition coefficient (Wildman–Crippen LogP) is 3.67. The molecule has 0 aliphatic rings. The number of benzene rings is 1. The van der Waals surface area contributed by atoms with E-state index >= 15 is 0 Å². The Bertz CT molecular complexity index is 414. The second kappa shape index (κ2) is 5.66. The third-order valence-corrected chi connectivity index (χ3v) is 2.78. The molecule has 0 aromatic heterocycles. The Balaban J connectivity index is 2.84. The van der Waals surface area contributed by atoms with Crippen molar-refractivity contribution in [2.24, 2.45) is 5.92 Å². The molecule has 0 bridgehead atoms. The quantitative estimate of drug-likeness (QED) is 0.627. The summed E-state index contributed by atoms with van der Waals surface area (Å²) < 4.78 is 0. The van der Waals surface area contributed by atoms with Crippen LogP contribution in [0.25, 0.3) is 0 Å². The molecule has 0 aliphatic heterocycles. The third kappa shape index (κ3) is 3.73. The fourth-order valence-electron chi connectivity index (χ4n) is 1.72. The first-order valence-electron chi connectivity index (χ1n) is 5.91. The largest absolute Gasteiger partial charge is 0.385 e. The van der Waals surface area contributed by atoms with Crippen LogP contribution >= 0.6 is 0 Å². The van der Waals surface area contributed by atoms with Gasteiger partial charge in [-0.15, -0.1) is 0 Å². The van der Waals surface area contributed by atoms with Crippen molar-refractivity contribution in [3.8, 4) is 0 Å². The van der Waals surface area contributed by atoms with Crippen LogP contribution < -0.4 is 5.32 Å². The number of aryl methyl sites for hydroxylation is 2. The van der Waals surface area contributed by atoms with Gasteiger partial charge < -0.3 is 5.32 Å². The molecule has 0 atom stereocenters. The van der Waals surface area contributed by atoms with Gasteiger partial charge in [-0.2, -0.15) is 0 Å². The zero-order chi connectivity index (χ0) is 13.0. The fourth-order valence-corrected chi connectivity index (χ4v) is 1.72. The molecule has 0 aliphatic carbocycles. The molecule has 0 saturated carbocycles. The van der Waals surface area contributed by atoms with Gasteiger partial charge in [0.25, 0.3) is 5.69 Å². The molecular weight excluding hydrogens is 216 g/mol. The first-order chi connectivity index (χ1) is 7.91. The Labute approximate surface area is 102 Å². The lowest BCUT2D eigenvalue weighted by Gasteiger charge is -2.11. The van der Waals surface area contributed by atoms with Gasteiger partial charge >= 0.3 is 0 Å². The molecule has 1 aromatic carbocycles. The third-order valence-electron chi connectivity index (χ3n) is 2.78. The Morgan fingerprint density at radius 2 is 1.94 bits per heavy atom. The van der Waals surface area contributed by atoms with Gasteiger partial charge in [0.05, 0.1) is 4.92 Å². The van der Waals surface area contributed by atoms with Gasteiger partial charge in [0.15, 0.2) is 0 Å². The number of rotatable bonds is 5. The second-order valence-corrected chi connectivity index (χ2v) is 4.82. The van der Waals surface area contributed by atoms with E-state index < -0.39 is 0 Å². The number of nitro groups is 1. The number of hydrogen-bond donors (Lipinski definition) is 1. The van der Waals surface area contributed by atoms with Crippen molar-refractivity contribution in [2.45, 2.75) is 34.1 Å². The van der Waals surface area contributed by atoms with Crippen LogP contribution in [-0.4, -0.2) is 11.5 Å². The summed E-state index contributed by atoms with van der Waals surface area (Å²) in [6.45, 7) is 8.90. The second-order valence-electron chi connectivity index (χ2n) is 4.82. The van der Waals surface area contributed by atoms with Crippen molar-refractivity contribution in [3.05, 3.63) is 33.4 Å². The van der Waals surface area contributed by atoms with E-state index in [9.17, 15) is 10.1 Å². The normalized spacial score (nSPS) is 10.6. The lowest BCUT2D eigenvalue weighted by molar-refractivity contribution is -0.385. The highest BCUT2D eigenvalue weighted by molar-refractivity contribution is 5.60. The Morgan fingerprint density at radius 1 is 1.29 bits per heavy atom. The van der Waals surface area contributed by atoms with Crippen LogP contribution in [0.15, 0.2) is 12.1 Å². The Morgan fingerprint density at radius 3 is 2.47 bits per heavy atom. The van der Waals surface area contributed by atoms with Crippen LogP contribution in [0.2, 0.25) is 0 Å². The minimum absolute atomic E-state index is 0.183. The molecule has 0 unspecified atom stereocenters. The number of nitro benzene ring substituents is 1. The lowest BCUT2D eigenvalue weighted by atomic mass is 10.1. The van der Waals surface area contributed by atoms with Crippen LogP contribution in [0, 0.1) is 29.9 Å². The van der Waals surface area contributed by atoms with Gasteiger partial charge in [0, 0.05) is 23.9 Å². The maximum Gasteiger partial charge on any atom is 0.274 e. The van der Waals surface area contributed by atoms with E-state index in [2.05, 4.69) is 19.2 Å². The fraction of sp³-hybridized carbons (Fsp3) is 0.538. The van der Waals surface area contributed by atoms with Crippen molar-refractivity contribution < 1.29 is 4.92 Å². The number of hydrogen-bond acceptors (Lipinski definition) is 3. The average Bonchev–Trinajstić information content (AvgIpc) is 2.20. The van der Waals surface area contributed by atoms with Crippen LogP contribution in [-0.2, 0) is 0 Å².